The van der Waals surface area contributed by atoms with Crippen molar-refractivity contribution in [3.8, 4) is 11.6 Å². The molecule has 27 heavy (non-hydrogen) atoms. The van der Waals surface area contributed by atoms with Crippen LogP contribution in [0.4, 0.5) is 5.82 Å². The summed E-state index contributed by atoms with van der Waals surface area (Å²) in [5.74, 6) is 0.739. The first-order chi connectivity index (χ1) is 12.9. The fraction of sp³-hybridized carbons (Fsp3) is 0.105. The molecule has 0 aliphatic carbocycles. The van der Waals surface area contributed by atoms with Crippen molar-refractivity contribution in [2.24, 2.45) is 0 Å². The van der Waals surface area contributed by atoms with Crippen LogP contribution in [-0.2, 0) is 16.4 Å². The molecule has 6 nitrogen and oxygen atoms in total. The van der Waals surface area contributed by atoms with Crippen molar-refractivity contribution >= 4 is 38.0 Å². The van der Waals surface area contributed by atoms with Gasteiger partial charge in [0.1, 0.15) is 11.5 Å². The number of benzene rings is 1. The number of thiophene rings is 1. The van der Waals surface area contributed by atoms with Crippen LogP contribution in [0.3, 0.4) is 0 Å². The molecule has 4 aromatic rings. The lowest BCUT2D eigenvalue weighted by Crippen LogP contribution is -2.02. The maximum atomic E-state index is 11.6. The monoisotopic (exact) mass is 399 g/mol. The number of nitrogens with zero attached hydrogens (tertiary/aromatic N) is 2. The normalized spacial score (nSPS) is 11.7. The molecule has 0 atom stereocenters. The molecule has 138 valence electrons. The first kappa shape index (κ1) is 17.6. The van der Waals surface area contributed by atoms with Crippen molar-refractivity contribution in [3.63, 3.8) is 0 Å². The molecular weight excluding hydrogens is 382 g/mol. The largest absolute Gasteiger partial charge is 0.494 e. The highest BCUT2D eigenvalue weighted by atomic mass is 32.2. The standard InChI is InChI=1S/C19H17N3O3S2/c1-27(24,25)16-7-5-14(6-8-16)22-18(23)11-13-4-9-17(21-19(13)22)20-12-15-3-2-10-26-15/h2-11,23H,12H2,1H3,(H,20,21). The Kier molecular flexibility index (Phi) is 4.37. The van der Waals surface area contributed by atoms with E-state index in [0.717, 1.165) is 11.6 Å². The van der Waals surface area contributed by atoms with Gasteiger partial charge in [-0.15, -0.1) is 11.3 Å². The van der Waals surface area contributed by atoms with Gasteiger partial charge in [0.25, 0.3) is 0 Å². The number of hydrogen-bond donors (Lipinski definition) is 2. The van der Waals surface area contributed by atoms with Crippen LogP contribution in [0.1, 0.15) is 4.88 Å². The second-order valence-electron chi connectivity index (χ2n) is 6.15. The summed E-state index contributed by atoms with van der Waals surface area (Å²) in [6.07, 6.45) is 1.16. The molecule has 3 aromatic heterocycles. The molecule has 8 heteroatoms. The average Bonchev–Trinajstić information content (AvgIpc) is 3.25. The summed E-state index contributed by atoms with van der Waals surface area (Å²) in [6, 6.07) is 15.8. The molecule has 1 aromatic carbocycles. The zero-order valence-electron chi connectivity index (χ0n) is 14.5. The maximum Gasteiger partial charge on any atom is 0.197 e. The van der Waals surface area contributed by atoms with Crippen molar-refractivity contribution in [3.05, 3.63) is 64.9 Å². The minimum Gasteiger partial charge on any atom is -0.494 e. The topological polar surface area (TPSA) is 84.2 Å². The van der Waals surface area contributed by atoms with E-state index >= 15 is 0 Å². The Bertz CT molecular complexity index is 1200. The Labute approximate surface area is 160 Å². The minimum atomic E-state index is -3.27. The average molecular weight is 399 g/mol. The van der Waals surface area contributed by atoms with E-state index in [0.29, 0.717) is 23.7 Å². The summed E-state index contributed by atoms with van der Waals surface area (Å²) < 4.78 is 24.9. The van der Waals surface area contributed by atoms with E-state index in [2.05, 4.69) is 10.3 Å². The fourth-order valence-corrected chi connectivity index (χ4v) is 4.12. The summed E-state index contributed by atoms with van der Waals surface area (Å²) in [4.78, 5) is 6.05. The van der Waals surface area contributed by atoms with Crippen LogP contribution >= 0.6 is 11.3 Å². The zero-order valence-corrected chi connectivity index (χ0v) is 16.1. The molecule has 0 spiro atoms. The van der Waals surface area contributed by atoms with Gasteiger partial charge in [-0.05, 0) is 47.8 Å². The van der Waals surface area contributed by atoms with E-state index in [-0.39, 0.29) is 10.8 Å². The summed E-state index contributed by atoms with van der Waals surface area (Å²) in [6.45, 7) is 0.673. The van der Waals surface area contributed by atoms with Crippen LogP contribution < -0.4 is 5.32 Å². The van der Waals surface area contributed by atoms with E-state index in [1.54, 1.807) is 34.1 Å². The fourth-order valence-electron chi connectivity index (χ4n) is 2.85. The van der Waals surface area contributed by atoms with Crippen molar-refractivity contribution in [1.29, 1.82) is 0 Å². The van der Waals surface area contributed by atoms with Crippen molar-refractivity contribution < 1.29 is 13.5 Å². The highest BCUT2D eigenvalue weighted by molar-refractivity contribution is 7.90. The molecule has 0 unspecified atom stereocenters. The molecule has 0 bridgehead atoms. The predicted molar refractivity (Wildman–Crippen MR) is 107 cm³/mol. The summed E-state index contributed by atoms with van der Waals surface area (Å²) in [5, 5.41) is 16.5. The van der Waals surface area contributed by atoms with E-state index < -0.39 is 9.84 Å². The molecule has 0 saturated carbocycles. The van der Waals surface area contributed by atoms with Crippen LogP contribution in [-0.4, -0.2) is 29.3 Å². The first-order valence-electron chi connectivity index (χ1n) is 8.20. The Hall–Kier alpha value is -2.84. The van der Waals surface area contributed by atoms with Gasteiger partial charge in [-0.25, -0.2) is 13.4 Å². The summed E-state index contributed by atoms with van der Waals surface area (Å²) in [7, 11) is -3.27. The highest BCUT2D eigenvalue weighted by Crippen LogP contribution is 2.29. The third-order valence-corrected chi connectivity index (χ3v) is 6.18. The molecule has 0 aliphatic heterocycles. The van der Waals surface area contributed by atoms with E-state index in [1.807, 2.05) is 29.6 Å². The number of aromatic hydroxyl groups is 1. The van der Waals surface area contributed by atoms with Crippen molar-refractivity contribution in [1.82, 2.24) is 9.55 Å². The van der Waals surface area contributed by atoms with Gasteiger partial charge in [0.15, 0.2) is 15.7 Å². The Morgan fingerprint density at radius 3 is 2.59 bits per heavy atom. The van der Waals surface area contributed by atoms with Gasteiger partial charge in [0.05, 0.1) is 17.1 Å². The van der Waals surface area contributed by atoms with Gasteiger partial charge < -0.3 is 10.4 Å². The Balaban J connectivity index is 1.71. The molecule has 0 saturated heterocycles. The molecule has 0 amide bonds. The molecule has 2 N–H and O–H groups in total. The second kappa shape index (κ2) is 6.71. The third kappa shape index (κ3) is 3.54. The first-order valence-corrected chi connectivity index (χ1v) is 11.0. The van der Waals surface area contributed by atoms with Gasteiger partial charge in [0.2, 0.25) is 0 Å². The van der Waals surface area contributed by atoms with Crippen molar-refractivity contribution in [2.75, 3.05) is 11.6 Å². The molecular formula is C19H17N3O3S2. The van der Waals surface area contributed by atoms with Gasteiger partial charge >= 0.3 is 0 Å². The maximum absolute atomic E-state index is 11.6. The third-order valence-electron chi connectivity index (χ3n) is 4.18. The van der Waals surface area contributed by atoms with E-state index in [1.165, 1.54) is 17.0 Å². The SMILES string of the molecule is CS(=O)(=O)c1ccc(-n2c(O)cc3ccc(NCc4cccs4)nc32)cc1. The van der Waals surface area contributed by atoms with Crippen LogP contribution in [0.15, 0.2) is 64.9 Å². The van der Waals surface area contributed by atoms with Gasteiger partial charge in [-0.3, -0.25) is 4.57 Å². The lowest BCUT2D eigenvalue weighted by atomic mass is 10.3. The lowest BCUT2D eigenvalue weighted by molar-refractivity contribution is 0.445. The van der Waals surface area contributed by atoms with Crippen LogP contribution in [0.2, 0.25) is 0 Å². The molecule has 0 fully saturated rings. The molecule has 0 radical (unpaired) electrons. The van der Waals surface area contributed by atoms with Gasteiger partial charge in [-0.1, -0.05) is 6.07 Å². The van der Waals surface area contributed by atoms with Crippen molar-refractivity contribution in [2.45, 2.75) is 11.4 Å². The highest BCUT2D eigenvalue weighted by Gasteiger charge is 2.13. The molecule has 3 heterocycles. The van der Waals surface area contributed by atoms with Crippen LogP contribution in [0.25, 0.3) is 16.7 Å². The second-order valence-corrected chi connectivity index (χ2v) is 9.19. The van der Waals surface area contributed by atoms with Crippen LogP contribution in [0.5, 0.6) is 5.88 Å². The van der Waals surface area contributed by atoms with Crippen LogP contribution in [0, 0.1) is 0 Å². The Morgan fingerprint density at radius 2 is 1.93 bits per heavy atom. The number of rotatable bonds is 5. The lowest BCUT2D eigenvalue weighted by Gasteiger charge is -2.09. The summed E-state index contributed by atoms with van der Waals surface area (Å²) in [5.41, 5.74) is 1.23. The van der Waals surface area contributed by atoms with Gasteiger partial charge in [0, 0.05) is 22.6 Å². The molecule has 4 rings (SSSR count). The van der Waals surface area contributed by atoms with E-state index in [9.17, 15) is 13.5 Å². The number of sulfone groups is 1. The zero-order chi connectivity index (χ0) is 19.0. The number of anilines is 1. The quantitative estimate of drug-likeness (QED) is 0.533. The number of pyridine rings is 1. The number of aromatic nitrogens is 2. The number of hydrogen-bond acceptors (Lipinski definition) is 6. The summed E-state index contributed by atoms with van der Waals surface area (Å²) >= 11 is 1.67. The Morgan fingerprint density at radius 1 is 1.15 bits per heavy atom. The van der Waals surface area contributed by atoms with E-state index in [4.69, 9.17) is 0 Å². The number of nitrogens with one attached hydrogen (secondary N) is 1. The van der Waals surface area contributed by atoms with Gasteiger partial charge in [-0.2, -0.15) is 0 Å². The number of fused-ring (bicyclic) bond motifs is 1. The smallest absolute Gasteiger partial charge is 0.197 e. The predicted octanol–water partition coefficient (Wildman–Crippen LogP) is 3.81. The minimum absolute atomic E-state index is 0.0417. The molecule has 0 aliphatic rings.